The standard InChI is InChI=1S/C8H10O.C5H5.2ClH.Ti/c1-6-4-3-5-7(2)8(6)9;1-2-4-5-3-1;;;/h3-5,9H,1-2H3;1-3H,4H2;2*1H;/q;-1;;;. The van der Waals surface area contributed by atoms with Gasteiger partial charge in [0.2, 0.25) is 0 Å². The average Bonchev–Trinajstić information content (AvgIpc) is 2.72. The van der Waals surface area contributed by atoms with Gasteiger partial charge >= 0.3 is 0 Å². The number of rotatable bonds is 0. The van der Waals surface area contributed by atoms with Crippen LogP contribution in [0.25, 0.3) is 0 Å². The summed E-state index contributed by atoms with van der Waals surface area (Å²) in [5.74, 6) is 0.414. The van der Waals surface area contributed by atoms with Crippen LogP contribution in [0.5, 0.6) is 5.75 Å². The van der Waals surface area contributed by atoms with Gasteiger partial charge in [-0.15, -0.1) is 31.2 Å². The predicted molar refractivity (Wildman–Crippen MR) is 73.6 cm³/mol. The number of phenolic OH excluding ortho intramolecular Hbond substituents is 1. The Bertz CT molecular complexity index is 332. The minimum atomic E-state index is 0. The van der Waals surface area contributed by atoms with Crippen molar-refractivity contribution in [2.24, 2.45) is 0 Å². The normalized spacial score (nSPS) is 10.2. The molecule has 0 radical (unpaired) electrons. The van der Waals surface area contributed by atoms with Gasteiger partial charge in [-0.25, -0.2) is 12.2 Å². The number of hydrogen-bond donors (Lipinski definition) is 1. The van der Waals surface area contributed by atoms with E-state index in [4.69, 9.17) is 0 Å². The van der Waals surface area contributed by atoms with Crippen LogP contribution in [0.1, 0.15) is 17.5 Å². The Hall–Kier alpha value is -0.206. The first-order chi connectivity index (χ1) is 6.72. The molecule has 1 nitrogen and oxygen atoms in total. The Morgan fingerprint density at radius 3 is 1.88 bits per heavy atom. The summed E-state index contributed by atoms with van der Waals surface area (Å²) in [5, 5.41) is 9.21. The molecule has 94 valence electrons. The molecule has 0 atom stereocenters. The van der Waals surface area contributed by atoms with Crippen LogP contribution in [-0.4, -0.2) is 5.11 Å². The van der Waals surface area contributed by atoms with E-state index in [2.05, 4.69) is 12.2 Å². The number of aryl methyl sites for hydroxylation is 2. The third-order valence-electron chi connectivity index (χ3n) is 2.03. The van der Waals surface area contributed by atoms with E-state index in [1.165, 1.54) is 0 Å². The summed E-state index contributed by atoms with van der Waals surface area (Å²) < 4.78 is 0. The van der Waals surface area contributed by atoms with E-state index < -0.39 is 0 Å². The van der Waals surface area contributed by atoms with Gasteiger partial charge in [0, 0.05) is 21.7 Å². The fraction of sp³-hybridized carbons (Fsp3) is 0.231. The molecule has 1 N–H and O–H groups in total. The fourth-order valence-electron chi connectivity index (χ4n) is 1.15. The van der Waals surface area contributed by atoms with Crippen LogP contribution in [0.15, 0.2) is 36.4 Å². The molecule has 1 aliphatic rings. The van der Waals surface area contributed by atoms with Crippen LogP contribution in [-0.2, 0) is 21.7 Å². The average molecular weight is 308 g/mol. The van der Waals surface area contributed by atoms with Gasteiger partial charge in [-0.05, 0) is 25.0 Å². The van der Waals surface area contributed by atoms with Crippen molar-refractivity contribution < 1.29 is 26.8 Å². The number of aromatic hydroxyl groups is 1. The van der Waals surface area contributed by atoms with Gasteiger partial charge in [0.25, 0.3) is 0 Å². The summed E-state index contributed by atoms with van der Waals surface area (Å²) in [6, 6.07) is 5.72. The van der Waals surface area contributed by atoms with E-state index in [1.54, 1.807) is 0 Å². The first kappa shape index (κ1) is 22.0. The maximum absolute atomic E-state index is 9.21. The van der Waals surface area contributed by atoms with E-state index in [0.29, 0.717) is 5.75 Å². The SMILES string of the molecule is Cc1cccc(C)c1O.Cl.Cl.[C-]1=CC=CC1.[Ti]. The Kier molecular flexibility index (Phi) is 15.9. The molecule has 2 rings (SSSR count). The van der Waals surface area contributed by atoms with E-state index in [-0.39, 0.29) is 46.5 Å². The zero-order valence-corrected chi connectivity index (χ0v) is 13.1. The monoisotopic (exact) mass is 307 g/mol. The van der Waals surface area contributed by atoms with Crippen LogP contribution in [0, 0.1) is 19.9 Å². The van der Waals surface area contributed by atoms with E-state index in [0.717, 1.165) is 17.5 Å². The van der Waals surface area contributed by atoms with Gasteiger partial charge < -0.3 is 5.11 Å². The molecule has 0 aliphatic heterocycles. The second-order valence-electron chi connectivity index (χ2n) is 3.24. The summed E-state index contributed by atoms with van der Waals surface area (Å²) in [5.41, 5.74) is 1.88. The van der Waals surface area contributed by atoms with Gasteiger partial charge in [-0.2, -0.15) is 6.08 Å². The molecule has 0 spiro atoms. The summed E-state index contributed by atoms with van der Waals surface area (Å²) in [6.45, 7) is 3.78. The van der Waals surface area contributed by atoms with Crippen molar-refractivity contribution in [3.05, 3.63) is 53.6 Å². The van der Waals surface area contributed by atoms with Crippen LogP contribution < -0.4 is 0 Å². The first-order valence-corrected chi connectivity index (χ1v) is 4.68. The minimum Gasteiger partial charge on any atom is -0.507 e. The Balaban J connectivity index is -0.000000216. The number of allylic oxidation sites excluding steroid dienone is 4. The van der Waals surface area contributed by atoms with Crippen LogP contribution >= 0.6 is 24.8 Å². The molecule has 0 aromatic heterocycles. The van der Waals surface area contributed by atoms with Crippen LogP contribution in [0.2, 0.25) is 0 Å². The molecule has 4 heteroatoms. The zero-order chi connectivity index (χ0) is 10.4. The number of halogens is 2. The van der Waals surface area contributed by atoms with E-state index in [9.17, 15) is 5.11 Å². The summed E-state index contributed by atoms with van der Waals surface area (Å²) in [4.78, 5) is 0. The Morgan fingerprint density at radius 1 is 1.12 bits per heavy atom. The van der Waals surface area contributed by atoms with Gasteiger partial charge in [0.1, 0.15) is 5.75 Å². The third kappa shape index (κ3) is 8.51. The van der Waals surface area contributed by atoms with Crippen molar-refractivity contribution in [2.75, 3.05) is 0 Å². The third-order valence-corrected chi connectivity index (χ3v) is 2.03. The number of para-hydroxylation sites is 1. The largest absolute Gasteiger partial charge is 0.507 e. The van der Waals surface area contributed by atoms with Crippen molar-refractivity contribution in [3.63, 3.8) is 0 Å². The molecule has 1 aromatic carbocycles. The van der Waals surface area contributed by atoms with Gasteiger partial charge in [-0.3, -0.25) is 6.08 Å². The van der Waals surface area contributed by atoms with Gasteiger partial charge in [0.05, 0.1) is 0 Å². The molecule has 0 saturated heterocycles. The molecule has 0 fully saturated rings. The van der Waals surface area contributed by atoms with Crippen molar-refractivity contribution in [3.8, 4) is 5.75 Å². The predicted octanol–water partition coefficient (Wildman–Crippen LogP) is 4.16. The molecule has 0 amide bonds. The molecule has 0 unspecified atom stereocenters. The van der Waals surface area contributed by atoms with Gasteiger partial charge in [0.15, 0.2) is 0 Å². The van der Waals surface area contributed by atoms with Crippen molar-refractivity contribution in [2.45, 2.75) is 20.3 Å². The van der Waals surface area contributed by atoms with E-state index >= 15 is 0 Å². The smallest absolute Gasteiger partial charge is 0.121 e. The van der Waals surface area contributed by atoms with Crippen molar-refractivity contribution >= 4 is 24.8 Å². The molecule has 1 aromatic rings. The summed E-state index contributed by atoms with van der Waals surface area (Å²) in [6.07, 6.45) is 10.0. The van der Waals surface area contributed by atoms with Crippen LogP contribution in [0.3, 0.4) is 0 Å². The molecule has 0 saturated carbocycles. The molecular formula is C13H17Cl2OTi-. The molecule has 17 heavy (non-hydrogen) atoms. The Morgan fingerprint density at radius 2 is 1.65 bits per heavy atom. The number of phenols is 1. The van der Waals surface area contributed by atoms with Crippen LogP contribution in [0.4, 0.5) is 0 Å². The summed E-state index contributed by atoms with van der Waals surface area (Å²) in [7, 11) is 0. The van der Waals surface area contributed by atoms with Crippen molar-refractivity contribution in [1.82, 2.24) is 0 Å². The van der Waals surface area contributed by atoms with Gasteiger partial charge in [-0.1, -0.05) is 18.2 Å². The topological polar surface area (TPSA) is 20.2 Å². The number of hydrogen-bond acceptors (Lipinski definition) is 1. The second kappa shape index (κ2) is 12.3. The van der Waals surface area contributed by atoms with E-state index in [1.807, 2.05) is 44.2 Å². The molecule has 1 aliphatic carbocycles. The minimum absolute atomic E-state index is 0. The molecular weight excluding hydrogens is 291 g/mol. The summed E-state index contributed by atoms with van der Waals surface area (Å²) >= 11 is 0. The zero-order valence-electron chi connectivity index (χ0n) is 9.93. The quantitative estimate of drug-likeness (QED) is 0.564. The van der Waals surface area contributed by atoms with Crippen molar-refractivity contribution in [1.29, 1.82) is 0 Å². The molecule has 0 bridgehead atoms. The fourth-order valence-corrected chi connectivity index (χ4v) is 1.15. The maximum atomic E-state index is 9.21. The first-order valence-electron chi connectivity index (χ1n) is 4.68. The molecule has 0 heterocycles. The Labute approximate surface area is 131 Å². The number of benzene rings is 1. The maximum Gasteiger partial charge on any atom is 0.121 e. The second-order valence-corrected chi connectivity index (χ2v) is 3.24.